The first-order valence-electron chi connectivity index (χ1n) is 5.98. The molecule has 0 spiro atoms. The predicted molar refractivity (Wildman–Crippen MR) is 71.8 cm³/mol. The molecule has 1 heterocycles. The summed E-state index contributed by atoms with van der Waals surface area (Å²) in [5, 5.41) is 0.877. The molecule has 0 aliphatic carbocycles. The molecular formula is C15H17NO2. The third-order valence-electron chi connectivity index (χ3n) is 2.58. The van der Waals surface area contributed by atoms with Crippen molar-refractivity contribution in [2.24, 2.45) is 0 Å². The summed E-state index contributed by atoms with van der Waals surface area (Å²) in [6.45, 7) is 5.90. The summed E-state index contributed by atoms with van der Waals surface area (Å²) in [5.74, 6) is -0.0106. The lowest BCUT2D eigenvalue weighted by Gasteiger charge is -2.19. The average Bonchev–Trinajstić information content (AvgIpc) is 2.34. The van der Waals surface area contributed by atoms with Gasteiger partial charge in [0.2, 0.25) is 0 Å². The van der Waals surface area contributed by atoms with Crippen LogP contribution in [0.25, 0.3) is 10.9 Å². The highest BCUT2D eigenvalue weighted by molar-refractivity contribution is 6.07. The topological polar surface area (TPSA) is 39.2 Å². The van der Waals surface area contributed by atoms with Crippen LogP contribution in [0.2, 0.25) is 0 Å². The number of nitrogens with zero attached hydrogens (tertiary/aromatic N) is 1. The van der Waals surface area contributed by atoms with Gasteiger partial charge in [-0.25, -0.2) is 0 Å². The van der Waals surface area contributed by atoms with Gasteiger partial charge in [0.1, 0.15) is 6.61 Å². The summed E-state index contributed by atoms with van der Waals surface area (Å²) in [6.07, 6.45) is 1.72. The van der Waals surface area contributed by atoms with Gasteiger partial charge in [0.25, 0.3) is 0 Å². The lowest BCUT2D eigenvalue weighted by atomic mass is 10.0. The van der Waals surface area contributed by atoms with Crippen molar-refractivity contribution in [1.29, 1.82) is 0 Å². The van der Waals surface area contributed by atoms with Gasteiger partial charge in [0, 0.05) is 17.1 Å². The van der Waals surface area contributed by atoms with Crippen molar-refractivity contribution in [3.8, 4) is 0 Å². The van der Waals surface area contributed by atoms with Crippen LogP contribution in [0.1, 0.15) is 31.1 Å². The summed E-state index contributed by atoms with van der Waals surface area (Å²) in [4.78, 5) is 16.4. The molecular weight excluding hydrogens is 226 g/mol. The molecule has 3 nitrogen and oxygen atoms in total. The van der Waals surface area contributed by atoms with E-state index in [1.165, 1.54) is 0 Å². The van der Waals surface area contributed by atoms with Crippen molar-refractivity contribution in [3.63, 3.8) is 0 Å². The zero-order chi connectivity index (χ0) is 13.2. The second-order valence-electron chi connectivity index (χ2n) is 5.20. The Hall–Kier alpha value is -1.74. The van der Waals surface area contributed by atoms with E-state index in [9.17, 15) is 4.79 Å². The fourth-order valence-electron chi connectivity index (χ4n) is 1.71. The minimum Gasteiger partial charge on any atom is -0.368 e. The standard InChI is InChI=1S/C15H17NO2/c1-15(2,3)18-10-14(17)12-6-4-8-13-11(12)7-5-9-16-13/h4-9H,10H2,1-3H3. The number of benzene rings is 1. The number of hydrogen-bond acceptors (Lipinski definition) is 3. The summed E-state index contributed by atoms with van der Waals surface area (Å²) in [6, 6.07) is 9.31. The van der Waals surface area contributed by atoms with Crippen LogP contribution in [0.5, 0.6) is 0 Å². The van der Waals surface area contributed by atoms with E-state index in [0.717, 1.165) is 10.9 Å². The molecule has 0 aliphatic heterocycles. The van der Waals surface area contributed by atoms with E-state index >= 15 is 0 Å². The van der Waals surface area contributed by atoms with Crippen LogP contribution in [-0.4, -0.2) is 23.0 Å². The molecule has 0 saturated carbocycles. The summed E-state index contributed by atoms with van der Waals surface area (Å²) < 4.78 is 5.52. The number of carbonyl (C=O) groups excluding carboxylic acids is 1. The monoisotopic (exact) mass is 243 g/mol. The van der Waals surface area contributed by atoms with Gasteiger partial charge in [-0.3, -0.25) is 9.78 Å². The van der Waals surface area contributed by atoms with Gasteiger partial charge in [0.05, 0.1) is 11.1 Å². The summed E-state index contributed by atoms with van der Waals surface area (Å²) in [5.41, 5.74) is 1.20. The number of rotatable bonds is 3. The third-order valence-corrected chi connectivity index (χ3v) is 2.58. The van der Waals surface area contributed by atoms with Gasteiger partial charge in [-0.15, -0.1) is 0 Å². The van der Waals surface area contributed by atoms with E-state index in [-0.39, 0.29) is 18.0 Å². The van der Waals surface area contributed by atoms with E-state index in [0.29, 0.717) is 5.56 Å². The molecule has 94 valence electrons. The van der Waals surface area contributed by atoms with Crippen LogP contribution in [0, 0.1) is 0 Å². The average molecular weight is 243 g/mol. The first-order valence-corrected chi connectivity index (χ1v) is 5.98. The van der Waals surface area contributed by atoms with Crippen LogP contribution in [0.15, 0.2) is 36.5 Å². The van der Waals surface area contributed by atoms with Gasteiger partial charge in [-0.1, -0.05) is 18.2 Å². The molecule has 0 amide bonds. The van der Waals surface area contributed by atoms with E-state index in [4.69, 9.17) is 4.74 Å². The number of ketones is 1. The number of carbonyl (C=O) groups is 1. The molecule has 0 saturated heterocycles. The van der Waals surface area contributed by atoms with E-state index in [1.54, 1.807) is 6.20 Å². The molecule has 0 bridgehead atoms. The van der Waals surface area contributed by atoms with Crippen molar-refractivity contribution in [1.82, 2.24) is 4.98 Å². The first-order chi connectivity index (χ1) is 8.47. The van der Waals surface area contributed by atoms with Crippen molar-refractivity contribution >= 4 is 16.7 Å². The molecule has 0 atom stereocenters. The van der Waals surface area contributed by atoms with Crippen LogP contribution in [-0.2, 0) is 4.74 Å². The van der Waals surface area contributed by atoms with Gasteiger partial charge in [0.15, 0.2) is 5.78 Å². The van der Waals surface area contributed by atoms with E-state index < -0.39 is 0 Å². The Labute approximate surface area is 107 Å². The molecule has 0 radical (unpaired) electrons. The molecule has 3 heteroatoms. The zero-order valence-electron chi connectivity index (χ0n) is 10.9. The Morgan fingerprint density at radius 1 is 1.22 bits per heavy atom. The summed E-state index contributed by atoms with van der Waals surface area (Å²) in [7, 11) is 0. The van der Waals surface area contributed by atoms with Crippen molar-refractivity contribution in [2.75, 3.05) is 6.61 Å². The molecule has 0 aliphatic rings. The molecule has 2 rings (SSSR count). The number of hydrogen-bond donors (Lipinski definition) is 0. The lowest BCUT2D eigenvalue weighted by molar-refractivity contribution is 0.00313. The number of fused-ring (bicyclic) bond motifs is 1. The van der Waals surface area contributed by atoms with Crippen molar-refractivity contribution in [2.45, 2.75) is 26.4 Å². The highest BCUT2D eigenvalue weighted by atomic mass is 16.5. The van der Waals surface area contributed by atoms with Crippen LogP contribution in [0.3, 0.4) is 0 Å². The Kier molecular flexibility index (Phi) is 3.43. The highest BCUT2D eigenvalue weighted by Gasteiger charge is 2.15. The Bertz CT molecular complexity index is 565. The summed E-state index contributed by atoms with van der Waals surface area (Å²) >= 11 is 0. The van der Waals surface area contributed by atoms with E-state index in [1.807, 2.05) is 51.1 Å². The van der Waals surface area contributed by atoms with E-state index in [2.05, 4.69) is 4.98 Å². The van der Waals surface area contributed by atoms with Crippen molar-refractivity contribution in [3.05, 3.63) is 42.1 Å². The zero-order valence-corrected chi connectivity index (χ0v) is 10.9. The van der Waals surface area contributed by atoms with Gasteiger partial charge >= 0.3 is 0 Å². The van der Waals surface area contributed by atoms with Crippen LogP contribution >= 0.6 is 0 Å². The van der Waals surface area contributed by atoms with Crippen LogP contribution in [0.4, 0.5) is 0 Å². The normalized spacial score (nSPS) is 11.7. The number of pyridine rings is 1. The maximum atomic E-state index is 12.2. The number of Topliss-reactive ketones (excluding diaryl/α,β-unsaturated/α-hetero) is 1. The minimum absolute atomic E-state index is 0.0106. The molecule has 1 aromatic carbocycles. The maximum Gasteiger partial charge on any atom is 0.189 e. The molecule has 0 fully saturated rings. The molecule has 1 aromatic heterocycles. The second-order valence-corrected chi connectivity index (χ2v) is 5.20. The largest absolute Gasteiger partial charge is 0.368 e. The first kappa shape index (κ1) is 12.7. The SMILES string of the molecule is CC(C)(C)OCC(=O)c1cccc2ncccc12. The second kappa shape index (κ2) is 4.86. The minimum atomic E-state index is -0.307. The lowest BCUT2D eigenvalue weighted by Crippen LogP contribution is -2.23. The van der Waals surface area contributed by atoms with Gasteiger partial charge in [-0.2, -0.15) is 0 Å². The Balaban J connectivity index is 2.28. The smallest absolute Gasteiger partial charge is 0.189 e. The number of ether oxygens (including phenoxy) is 1. The highest BCUT2D eigenvalue weighted by Crippen LogP contribution is 2.18. The fraction of sp³-hybridized carbons (Fsp3) is 0.333. The molecule has 0 N–H and O–H groups in total. The maximum absolute atomic E-state index is 12.2. The van der Waals surface area contributed by atoms with Gasteiger partial charge < -0.3 is 4.74 Å². The Morgan fingerprint density at radius 3 is 2.72 bits per heavy atom. The van der Waals surface area contributed by atoms with Crippen molar-refractivity contribution < 1.29 is 9.53 Å². The molecule has 18 heavy (non-hydrogen) atoms. The molecule has 0 unspecified atom stereocenters. The quantitative estimate of drug-likeness (QED) is 0.777. The molecule has 2 aromatic rings. The predicted octanol–water partition coefficient (Wildman–Crippen LogP) is 3.23. The van der Waals surface area contributed by atoms with Gasteiger partial charge in [-0.05, 0) is 32.9 Å². The number of aromatic nitrogens is 1. The third kappa shape index (κ3) is 2.93. The van der Waals surface area contributed by atoms with Crippen LogP contribution < -0.4 is 0 Å². The fourth-order valence-corrected chi connectivity index (χ4v) is 1.71. The Morgan fingerprint density at radius 2 is 2.00 bits per heavy atom.